The Labute approximate surface area is 199 Å². The topological polar surface area (TPSA) is 116 Å². The number of hydrogen-bond donors (Lipinski definition) is 1. The Bertz CT molecular complexity index is 966. The number of fused-ring (bicyclic) bond motifs is 5. The van der Waals surface area contributed by atoms with Crippen LogP contribution in [0.4, 0.5) is 4.79 Å². The Morgan fingerprint density at radius 2 is 1.91 bits per heavy atom. The summed E-state index contributed by atoms with van der Waals surface area (Å²) in [6.45, 7) is 6.45. The zero-order chi connectivity index (χ0) is 24.9. The van der Waals surface area contributed by atoms with E-state index in [1.807, 2.05) is 13.0 Å². The number of carbonyl (C=O) groups is 4. The Morgan fingerprint density at radius 1 is 1.18 bits per heavy atom. The molecule has 0 unspecified atom stereocenters. The van der Waals surface area contributed by atoms with Crippen LogP contribution in [0.1, 0.15) is 59.8 Å². The third-order valence-corrected chi connectivity index (χ3v) is 8.99. The highest BCUT2D eigenvalue weighted by molar-refractivity contribution is 6.01. The number of hydrogen-bond acceptors (Lipinski definition) is 8. The molecule has 1 N–H and O–H groups in total. The highest BCUT2D eigenvalue weighted by atomic mass is 16.7. The van der Waals surface area contributed by atoms with Crippen LogP contribution in [0, 0.1) is 28.6 Å². The number of esters is 1. The summed E-state index contributed by atoms with van der Waals surface area (Å²) in [6, 6.07) is 0. The molecular weight excluding hydrogens is 440 g/mol. The van der Waals surface area contributed by atoms with Gasteiger partial charge < -0.3 is 19.3 Å². The van der Waals surface area contributed by atoms with E-state index in [1.165, 1.54) is 6.92 Å². The number of aliphatic hydroxyl groups excluding tert-OH is 1. The van der Waals surface area contributed by atoms with E-state index in [0.29, 0.717) is 6.42 Å². The van der Waals surface area contributed by atoms with Crippen LogP contribution in [0.15, 0.2) is 23.8 Å². The van der Waals surface area contributed by atoms with Crippen molar-refractivity contribution >= 4 is 23.7 Å². The van der Waals surface area contributed by atoms with Crippen LogP contribution in [0.25, 0.3) is 0 Å². The Morgan fingerprint density at radius 3 is 2.59 bits per heavy atom. The van der Waals surface area contributed by atoms with Crippen molar-refractivity contribution in [2.24, 2.45) is 28.6 Å². The number of ether oxygens (including phenoxy) is 3. The molecule has 0 bridgehead atoms. The average Bonchev–Trinajstić information content (AvgIpc) is 3.04. The van der Waals surface area contributed by atoms with Gasteiger partial charge in [0.15, 0.2) is 18.0 Å². The molecule has 3 saturated carbocycles. The van der Waals surface area contributed by atoms with Crippen LogP contribution in [0.5, 0.6) is 0 Å². The van der Waals surface area contributed by atoms with Gasteiger partial charge in [-0.05, 0) is 63.0 Å². The Hall–Kier alpha value is -2.48. The van der Waals surface area contributed by atoms with Crippen molar-refractivity contribution in [3.05, 3.63) is 23.8 Å². The summed E-state index contributed by atoms with van der Waals surface area (Å²) in [5, 5.41) is 11.5. The van der Waals surface area contributed by atoms with Gasteiger partial charge in [0, 0.05) is 23.7 Å². The summed E-state index contributed by atoms with van der Waals surface area (Å²) in [6.07, 6.45) is 6.16. The normalized spacial score (nSPS) is 40.4. The molecule has 0 amide bonds. The largest absolute Gasteiger partial charge is 0.509 e. The molecule has 7 atom stereocenters. The van der Waals surface area contributed by atoms with Crippen LogP contribution in [0.3, 0.4) is 0 Å². The van der Waals surface area contributed by atoms with E-state index in [9.17, 15) is 24.3 Å². The van der Waals surface area contributed by atoms with Crippen molar-refractivity contribution in [2.75, 3.05) is 13.2 Å². The maximum Gasteiger partial charge on any atom is 0.509 e. The fourth-order valence-corrected chi connectivity index (χ4v) is 7.57. The molecule has 4 rings (SSSR count). The quantitative estimate of drug-likeness (QED) is 0.604. The van der Waals surface area contributed by atoms with E-state index in [1.54, 1.807) is 19.1 Å². The number of Topliss-reactive ketones (excluding diaryl/α,β-unsaturated/α-hetero) is 1. The van der Waals surface area contributed by atoms with Gasteiger partial charge in [-0.2, -0.15) is 0 Å². The minimum atomic E-state index is -1.55. The maximum atomic E-state index is 13.5. The Kier molecular flexibility index (Phi) is 6.25. The average molecular weight is 475 g/mol. The molecule has 0 aromatic rings. The van der Waals surface area contributed by atoms with Crippen molar-refractivity contribution in [1.29, 1.82) is 0 Å². The van der Waals surface area contributed by atoms with Crippen molar-refractivity contribution in [3.8, 4) is 0 Å². The summed E-state index contributed by atoms with van der Waals surface area (Å²) < 4.78 is 15.8. The standard InChI is InChI=1S/C26H34O8/c1-5-32-23(31)34-26(21(30)14-33-15(2)27)11-9-19-18-7-6-16-12-17(28)8-10-24(16,3)22(18)20(29)13-25(19,26)4/h8,10,12,18-20,22,29H,5-7,9,11,13-14H2,1-4H3/t18-,19-,20-,22+,24-,25-,26-/m0/s1. The molecule has 0 aromatic carbocycles. The van der Waals surface area contributed by atoms with Crippen LogP contribution in [0.2, 0.25) is 0 Å². The first-order chi connectivity index (χ1) is 16.0. The number of rotatable bonds is 5. The smallest absolute Gasteiger partial charge is 0.458 e. The molecule has 0 heterocycles. The maximum absolute atomic E-state index is 13.5. The molecule has 4 aliphatic rings. The third kappa shape index (κ3) is 3.61. The monoisotopic (exact) mass is 474 g/mol. The van der Waals surface area contributed by atoms with Gasteiger partial charge in [-0.25, -0.2) is 4.79 Å². The van der Waals surface area contributed by atoms with E-state index in [2.05, 4.69) is 6.92 Å². The summed E-state index contributed by atoms with van der Waals surface area (Å²) in [5.74, 6) is -1.15. The molecule has 0 aromatic heterocycles. The number of allylic oxidation sites excluding steroid dienone is 4. The van der Waals surface area contributed by atoms with Gasteiger partial charge in [0.05, 0.1) is 12.7 Å². The van der Waals surface area contributed by atoms with E-state index < -0.39 is 47.0 Å². The number of aliphatic hydroxyl groups is 1. The Balaban J connectivity index is 1.72. The van der Waals surface area contributed by atoms with Crippen LogP contribution in [-0.4, -0.2) is 53.7 Å². The van der Waals surface area contributed by atoms with E-state index in [0.717, 1.165) is 18.4 Å². The van der Waals surface area contributed by atoms with E-state index >= 15 is 0 Å². The minimum absolute atomic E-state index is 0.000933. The van der Waals surface area contributed by atoms with Gasteiger partial charge in [0.2, 0.25) is 5.78 Å². The molecule has 0 spiro atoms. The second-order valence-corrected chi connectivity index (χ2v) is 10.6. The molecule has 8 heteroatoms. The van der Waals surface area contributed by atoms with E-state index in [4.69, 9.17) is 14.2 Å². The number of ketones is 2. The summed E-state index contributed by atoms with van der Waals surface area (Å²) in [7, 11) is 0. The van der Waals surface area contributed by atoms with Crippen molar-refractivity contribution < 1.29 is 38.5 Å². The SMILES string of the molecule is CCOC(=O)O[C@]1(C(=O)COC(C)=O)CC[C@H]2[C@@H]3CCC4=CC(=O)C=C[C@]4(C)[C@H]3[C@@H](O)C[C@@]21C. The summed E-state index contributed by atoms with van der Waals surface area (Å²) in [5.41, 5.74) is -1.81. The molecule has 0 aliphatic heterocycles. The fraction of sp³-hybridized carbons (Fsp3) is 0.692. The lowest BCUT2D eigenvalue weighted by Crippen LogP contribution is -2.63. The molecule has 4 aliphatic carbocycles. The first kappa shape index (κ1) is 24.6. The lowest BCUT2D eigenvalue weighted by atomic mass is 9.46. The third-order valence-electron chi connectivity index (χ3n) is 8.99. The zero-order valence-corrected chi connectivity index (χ0v) is 20.3. The molecule has 0 saturated heterocycles. The van der Waals surface area contributed by atoms with Crippen LogP contribution in [-0.2, 0) is 28.6 Å². The second-order valence-electron chi connectivity index (χ2n) is 10.6. The van der Waals surface area contributed by atoms with E-state index in [-0.39, 0.29) is 43.0 Å². The van der Waals surface area contributed by atoms with Crippen molar-refractivity contribution in [2.45, 2.75) is 71.5 Å². The van der Waals surface area contributed by atoms with Gasteiger partial charge in [0.25, 0.3) is 0 Å². The summed E-state index contributed by atoms with van der Waals surface area (Å²) >= 11 is 0. The van der Waals surface area contributed by atoms with Crippen LogP contribution < -0.4 is 0 Å². The first-order valence-corrected chi connectivity index (χ1v) is 12.1. The lowest BCUT2D eigenvalue weighted by Gasteiger charge is -2.59. The molecule has 3 fully saturated rings. The molecule has 8 nitrogen and oxygen atoms in total. The van der Waals surface area contributed by atoms with Gasteiger partial charge in [-0.1, -0.05) is 25.5 Å². The fourth-order valence-electron chi connectivity index (χ4n) is 7.57. The zero-order valence-electron chi connectivity index (χ0n) is 20.3. The molecule has 34 heavy (non-hydrogen) atoms. The number of carbonyl (C=O) groups excluding carboxylic acids is 4. The lowest BCUT2D eigenvalue weighted by molar-refractivity contribution is -0.185. The van der Waals surface area contributed by atoms with Crippen molar-refractivity contribution in [1.82, 2.24) is 0 Å². The first-order valence-electron chi connectivity index (χ1n) is 12.1. The highest BCUT2D eigenvalue weighted by Crippen LogP contribution is 2.67. The highest BCUT2D eigenvalue weighted by Gasteiger charge is 2.70. The summed E-state index contributed by atoms with van der Waals surface area (Å²) in [4.78, 5) is 49.4. The van der Waals surface area contributed by atoms with Gasteiger partial charge in [-0.15, -0.1) is 0 Å². The van der Waals surface area contributed by atoms with Gasteiger partial charge in [-0.3, -0.25) is 14.4 Å². The predicted octanol–water partition coefficient (Wildman–Crippen LogP) is 3.31. The van der Waals surface area contributed by atoms with Crippen LogP contribution >= 0.6 is 0 Å². The second kappa shape index (κ2) is 8.63. The van der Waals surface area contributed by atoms with Crippen molar-refractivity contribution in [3.63, 3.8) is 0 Å². The minimum Gasteiger partial charge on any atom is -0.458 e. The predicted molar refractivity (Wildman–Crippen MR) is 120 cm³/mol. The molecule has 0 radical (unpaired) electrons. The van der Waals surface area contributed by atoms with Gasteiger partial charge >= 0.3 is 12.1 Å². The molecule has 186 valence electrons. The molecular formula is C26H34O8. The van der Waals surface area contributed by atoms with Gasteiger partial charge in [0.1, 0.15) is 0 Å².